The molecule has 1 aromatic rings. The highest BCUT2D eigenvalue weighted by Gasteiger charge is 2.42. The fourth-order valence-electron chi connectivity index (χ4n) is 3.16. The molecule has 0 aromatic carbocycles. The van der Waals surface area contributed by atoms with Crippen molar-refractivity contribution in [3.8, 4) is 0 Å². The van der Waals surface area contributed by atoms with Gasteiger partial charge in [0.2, 0.25) is 5.91 Å². The van der Waals surface area contributed by atoms with Gasteiger partial charge in [0, 0.05) is 38.3 Å². The number of likely N-dealkylation sites (tertiary alicyclic amines) is 1. The molecule has 1 atom stereocenters. The summed E-state index contributed by atoms with van der Waals surface area (Å²) in [6, 6.07) is 5.17. The molecule has 3 rings (SSSR count). The second kappa shape index (κ2) is 11.2. The van der Waals surface area contributed by atoms with Gasteiger partial charge >= 0.3 is 0 Å². The Morgan fingerprint density at radius 1 is 1.27 bits per heavy atom. The summed E-state index contributed by atoms with van der Waals surface area (Å²) in [7, 11) is 0. The Hall–Kier alpha value is -0.730. The second-order valence-corrected chi connectivity index (χ2v) is 6.37. The van der Waals surface area contributed by atoms with Crippen molar-refractivity contribution in [3.63, 3.8) is 0 Å². The highest BCUT2D eigenvalue weighted by Crippen LogP contribution is 2.25. The Balaban J connectivity index is 0.00000208. The molecule has 1 aromatic heterocycles. The maximum Gasteiger partial charge on any atom is 0.262 e. The van der Waals surface area contributed by atoms with Crippen LogP contribution in [0, 0.1) is 0 Å². The number of amides is 1. The number of carbonyl (C=O) groups excluding carboxylic acids is 1. The van der Waals surface area contributed by atoms with Crippen LogP contribution < -0.4 is 10.6 Å². The van der Waals surface area contributed by atoms with Crippen LogP contribution in [0.25, 0.3) is 0 Å². The molecular weight excluding hydrogens is 409 g/mol. The normalized spacial score (nSPS) is 22.5. The monoisotopic (exact) mass is 432 g/mol. The van der Waals surface area contributed by atoms with Crippen molar-refractivity contribution in [3.05, 3.63) is 30.1 Å². The summed E-state index contributed by atoms with van der Waals surface area (Å²) in [5.41, 5.74) is 1.03. The number of piperidine rings is 1. The Labute approximate surface area is 170 Å². The summed E-state index contributed by atoms with van der Waals surface area (Å²) in [5, 5.41) is 5.50. The van der Waals surface area contributed by atoms with Crippen LogP contribution in [0.3, 0.4) is 0 Å². The van der Waals surface area contributed by atoms with E-state index in [2.05, 4.69) is 20.5 Å². The molecule has 0 spiro atoms. The third-order valence-electron chi connectivity index (χ3n) is 4.47. The molecule has 2 saturated heterocycles. The van der Waals surface area contributed by atoms with Crippen LogP contribution in [0.1, 0.15) is 25.0 Å². The first kappa shape index (κ1) is 25.3. The quantitative estimate of drug-likeness (QED) is 0.766. The van der Waals surface area contributed by atoms with Gasteiger partial charge in [-0.25, -0.2) is 8.78 Å². The smallest absolute Gasteiger partial charge is 0.262 e. The summed E-state index contributed by atoms with van der Waals surface area (Å²) in [6.45, 7) is 2.14. The molecule has 2 aliphatic heterocycles. The zero-order chi connectivity index (χ0) is 16.3. The van der Waals surface area contributed by atoms with Crippen molar-refractivity contribution in [2.45, 2.75) is 43.8 Å². The van der Waals surface area contributed by atoms with Gasteiger partial charge in [-0.1, -0.05) is 6.07 Å². The first-order valence-electron chi connectivity index (χ1n) is 8.06. The van der Waals surface area contributed by atoms with Crippen molar-refractivity contribution in [2.24, 2.45) is 0 Å². The lowest BCUT2D eigenvalue weighted by molar-refractivity contribution is -0.124. The third-order valence-corrected chi connectivity index (χ3v) is 4.47. The molecule has 2 N–H and O–H groups in total. The number of hydrogen-bond acceptors (Lipinski definition) is 4. The third kappa shape index (κ3) is 7.12. The number of hydrogen-bond donors (Lipinski definition) is 2. The van der Waals surface area contributed by atoms with Crippen molar-refractivity contribution in [2.75, 3.05) is 19.6 Å². The van der Waals surface area contributed by atoms with Gasteiger partial charge in [0.25, 0.3) is 5.92 Å². The molecular formula is C16H25Cl3F2N4O. The summed E-state index contributed by atoms with van der Waals surface area (Å²) >= 11 is 0. The predicted molar refractivity (Wildman–Crippen MR) is 104 cm³/mol. The second-order valence-electron chi connectivity index (χ2n) is 6.37. The lowest BCUT2D eigenvalue weighted by atomic mass is 10.0. The summed E-state index contributed by atoms with van der Waals surface area (Å²) in [4.78, 5) is 18.7. The number of alkyl halides is 2. The molecule has 0 aliphatic carbocycles. The van der Waals surface area contributed by atoms with Gasteiger partial charge < -0.3 is 5.32 Å². The summed E-state index contributed by atoms with van der Waals surface area (Å²) in [5.74, 6) is -3.07. The number of pyridine rings is 1. The first-order valence-corrected chi connectivity index (χ1v) is 8.06. The molecule has 10 heteroatoms. The molecule has 150 valence electrons. The highest BCUT2D eigenvalue weighted by atomic mass is 35.5. The van der Waals surface area contributed by atoms with Gasteiger partial charge in [0.1, 0.15) is 0 Å². The van der Waals surface area contributed by atoms with Gasteiger partial charge in [0.15, 0.2) is 0 Å². The molecule has 2 fully saturated rings. The van der Waals surface area contributed by atoms with Crippen LogP contribution in [0.5, 0.6) is 0 Å². The molecule has 5 nitrogen and oxygen atoms in total. The summed E-state index contributed by atoms with van der Waals surface area (Å²) < 4.78 is 26.3. The van der Waals surface area contributed by atoms with Crippen LogP contribution in [0.15, 0.2) is 24.4 Å². The molecule has 2 aliphatic rings. The molecule has 26 heavy (non-hydrogen) atoms. The topological polar surface area (TPSA) is 57.3 Å². The first-order chi connectivity index (χ1) is 11.0. The van der Waals surface area contributed by atoms with Gasteiger partial charge in [-0.2, -0.15) is 0 Å². The average molecular weight is 434 g/mol. The van der Waals surface area contributed by atoms with E-state index in [0.29, 0.717) is 0 Å². The Morgan fingerprint density at radius 2 is 1.96 bits per heavy atom. The van der Waals surface area contributed by atoms with Gasteiger partial charge in [-0.3, -0.25) is 20.0 Å². The molecule has 3 heterocycles. The molecule has 0 saturated carbocycles. The van der Waals surface area contributed by atoms with Crippen molar-refractivity contribution < 1.29 is 13.6 Å². The van der Waals surface area contributed by atoms with Crippen LogP contribution in [-0.4, -0.2) is 53.4 Å². The van der Waals surface area contributed by atoms with Gasteiger partial charge in [-0.05, 0) is 25.0 Å². The minimum absolute atomic E-state index is 0. The number of nitrogens with one attached hydrogen (secondary N) is 2. The largest absolute Gasteiger partial charge is 0.352 e. The maximum absolute atomic E-state index is 13.1. The van der Waals surface area contributed by atoms with E-state index in [1.54, 1.807) is 6.20 Å². The van der Waals surface area contributed by atoms with E-state index in [9.17, 15) is 13.6 Å². The number of nitrogens with zero attached hydrogens (tertiary/aromatic N) is 2. The Bertz CT molecular complexity index is 546. The van der Waals surface area contributed by atoms with Crippen molar-refractivity contribution >= 4 is 43.1 Å². The van der Waals surface area contributed by atoms with E-state index in [1.165, 1.54) is 0 Å². The molecule has 1 unspecified atom stereocenters. The van der Waals surface area contributed by atoms with E-state index >= 15 is 0 Å². The Kier molecular flexibility index (Phi) is 10.9. The lowest BCUT2D eigenvalue weighted by Gasteiger charge is -2.32. The van der Waals surface area contributed by atoms with Gasteiger partial charge in [-0.15, -0.1) is 37.2 Å². The van der Waals surface area contributed by atoms with Crippen LogP contribution >= 0.6 is 37.2 Å². The minimum Gasteiger partial charge on any atom is -0.352 e. The van der Waals surface area contributed by atoms with Crippen LogP contribution in [-0.2, 0) is 11.3 Å². The number of aromatic nitrogens is 1. The molecule has 1 amide bonds. The van der Waals surface area contributed by atoms with E-state index in [-0.39, 0.29) is 49.2 Å². The van der Waals surface area contributed by atoms with E-state index < -0.39 is 24.9 Å². The Morgan fingerprint density at radius 3 is 2.50 bits per heavy atom. The van der Waals surface area contributed by atoms with Crippen molar-refractivity contribution in [1.82, 2.24) is 20.5 Å². The van der Waals surface area contributed by atoms with E-state index in [0.717, 1.165) is 38.2 Å². The lowest BCUT2D eigenvalue weighted by Crippen LogP contribution is -2.49. The van der Waals surface area contributed by atoms with Crippen LogP contribution in [0.2, 0.25) is 0 Å². The standard InChI is InChI=1S/C16H22F2N4O.3ClH/c17-16(18)9-14(20-11-16)15(23)21-12-4-7-22(8-5-12)10-13-3-1-2-6-19-13;;;/h1-3,6,12,14,20H,4-5,7-11H2,(H,21,23);3*1H. The predicted octanol–water partition coefficient (Wildman–Crippen LogP) is 2.42. The maximum atomic E-state index is 13.1. The summed E-state index contributed by atoms with van der Waals surface area (Å²) in [6.07, 6.45) is 3.05. The minimum atomic E-state index is -2.77. The SMILES string of the molecule is Cl.Cl.Cl.O=C(NC1CCN(Cc2ccccn2)CC1)C1CC(F)(F)CN1. The zero-order valence-corrected chi connectivity index (χ0v) is 16.6. The van der Waals surface area contributed by atoms with Crippen LogP contribution in [0.4, 0.5) is 8.78 Å². The number of halogens is 5. The fourth-order valence-corrected chi connectivity index (χ4v) is 3.16. The highest BCUT2D eigenvalue weighted by molar-refractivity contribution is 5.86. The zero-order valence-electron chi connectivity index (χ0n) is 14.2. The van der Waals surface area contributed by atoms with E-state index in [4.69, 9.17) is 0 Å². The van der Waals surface area contributed by atoms with Crippen molar-refractivity contribution in [1.29, 1.82) is 0 Å². The average Bonchev–Trinajstić information content (AvgIpc) is 2.90. The van der Waals surface area contributed by atoms with Gasteiger partial charge in [0.05, 0.1) is 18.3 Å². The molecule has 0 radical (unpaired) electrons. The van der Waals surface area contributed by atoms with E-state index in [1.807, 2.05) is 18.2 Å². The number of carbonyl (C=O) groups is 1. The molecule has 0 bridgehead atoms. The number of rotatable bonds is 4. The fraction of sp³-hybridized carbons (Fsp3) is 0.625.